The molecule has 1 N–H and O–H groups in total. The van der Waals surface area contributed by atoms with Gasteiger partial charge < -0.3 is 5.32 Å². The smallest absolute Gasteiger partial charge is 0.183 e. The highest BCUT2D eigenvalue weighted by molar-refractivity contribution is 7.13. The van der Waals surface area contributed by atoms with Gasteiger partial charge in [0.05, 0.1) is 11.2 Å². The van der Waals surface area contributed by atoms with Crippen molar-refractivity contribution in [1.29, 1.82) is 0 Å². The van der Waals surface area contributed by atoms with Crippen LogP contribution in [0.1, 0.15) is 45.2 Å². The van der Waals surface area contributed by atoms with Crippen LogP contribution in [0.4, 0.5) is 5.13 Å². The molecule has 0 aromatic carbocycles. The third kappa shape index (κ3) is 3.14. The molecular formula is C13H21ClN2S. The molecule has 0 radical (unpaired) electrons. The van der Waals surface area contributed by atoms with Crippen LogP contribution in [0.2, 0.25) is 0 Å². The van der Waals surface area contributed by atoms with Crippen LogP contribution in [-0.2, 0) is 6.42 Å². The summed E-state index contributed by atoms with van der Waals surface area (Å²) in [5.74, 6) is 1.52. The highest BCUT2D eigenvalue weighted by Gasteiger charge is 2.33. The van der Waals surface area contributed by atoms with Gasteiger partial charge in [-0.3, -0.25) is 0 Å². The van der Waals surface area contributed by atoms with Crippen LogP contribution in [-0.4, -0.2) is 16.4 Å². The molecule has 0 bridgehead atoms. The third-order valence-corrected chi connectivity index (χ3v) is 5.09. The van der Waals surface area contributed by atoms with Crippen molar-refractivity contribution >= 4 is 28.1 Å². The first-order valence-corrected chi connectivity index (χ1v) is 7.87. The Morgan fingerprint density at radius 2 is 2.24 bits per heavy atom. The van der Waals surface area contributed by atoms with Crippen LogP contribution < -0.4 is 5.32 Å². The number of nitrogens with one attached hydrogen (secondary N) is 1. The second kappa shape index (κ2) is 5.57. The molecule has 17 heavy (non-hydrogen) atoms. The Bertz CT molecular complexity index is 356. The lowest BCUT2D eigenvalue weighted by atomic mass is 9.78. The third-order valence-electron chi connectivity index (χ3n) is 3.77. The largest absolute Gasteiger partial charge is 0.355 e. The predicted octanol–water partition coefficient (Wildman–Crippen LogP) is 4.31. The molecule has 1 aliphatic rings. The summed E-state index contributed by atoms with van der Waals surface area (Å²) in [4.78, 5) is 4.58. The van der Waals surface area contributed by atoms with Crippen molar-refractivity contribution in [3.05, 3.63) is 11.1 Å². The zero-order valence-corrected chi connectivity index (χ0v) is 12.2. The van der Waals surface area contributed by atoms with E-state index in [9.17, 15) is 0 Å². The van der Waals surface area contributed by atoms with Crippen LogP contribution in [0.15, 0.2) is 5.38 Å². The van der Waals surface area contributed by atoms with Crippen LogP contribution in [0.25, 0.3) is 0 Å². The second-order valence-corrected chi connectivity index (χ2v) is 6.34. The Kier molecular flexibility index (Phi) is 4.31. The van der Waals surface area contributed by atoms with Crippen LogP contribution in [0.5, 0.6) is 0 Å². The van der Waals surface area contributed by atoms with Crippen LogP contribution in [0, 0.1) is 5.92 Å². The van der Waals surface area contributed by atoms with Crippen molar-refractivity contribution in [3.8, 4) is 0 Å². The van der Waals surface area contributed by atoms with Crippen molar-refractivity contribution in [2.75, 3.05) is 11.2 Å². The zero-order valence-electron chi connectivity index (χ0n) is 10.6. The molecule has 1 aromatic heterocycles. The number of aromatic nitrogens is 1. The van der Waals surface area contributed by atoms with Gasteiger partial charge in [-0.15, -0.1) is 22.9 Å². The van der Waals surface area contributed by atoms with E-state index in [0.717, 1.165) is 17.5 Å². The van der Waals surface area contributed by atoms with Gasteiger partial charge in [0.25, 0.3) is 0 Å². The summed E-state index contributed by atoms with van der Waals surface area (Å²) >= 11 is 7.89. The maximum Gasteiger partial charge on any atom is 0.183 e. The summed E-state index contributed by atoms with van der Waals surface area (Å²) in [6, 6.07) is 0. The SMILES string of the molecule is CCc1csc(NC2(CCl)CCC(C)CC2)n1. The van der Waals surface area contributed by atoms with E-state index in [1.807, 2.05) is 0 Å². The number of rotatable bonds is 4. The van der Waals surface area contributed by atoms with E-state index in [-0.39, 0.29) is 5.54 Å². The minimum atomic E-state index is 0.0803. The quantitative estimate of drug-likeness (QED) is 0.827. The molecule has 1 fully saturated rings. The van der Waals surface area contributed by atoms with Gasteiger partial charge in [0, 0.05) is 11.3 Å². The van der Waals surface area contributed by atoms with Crippen molar-refractivity contribution < 1.29 is 0 Å². The molecule has 0 amide bonds. The number of anilines is 1. The fraction of sp³-hybridized carbons (Fsp3) is 0.769. The number of thiazole rings is 1. The van der Waals surface area contributed by atoms with Crippen molar-refractivity contribution in [3.63, 3.8) is 0 Å². The Balaban J connectivity index is 2.03. The molecule has 0 unspecified atom stereocenters. The summed E-state index contributed by atoms with van der Waals surface area (Å²) in [7, 11) is 0. The molecule has 1 heterocycles. The van der Waals surface area contributed by atoms with Gasteiger partial charge in [0.1, 0.15) is 0 Å². The number of hydrogen-bond donors (Lipinski definition) is 1. The lowest BCUT2D eigenvalue weighted by Gasteiger charge is -2.38. The average molecular weight is 273 g/mol. The van der Waals surface area contributed by atoms with Gasteiger partial charge in [-0.2, -0.15) is 0 Å². The van der Waals surface area contributed by atoms with E-state index in [1.54, 1.807) is 11.3 Å². The highest BCUT2D eigenvalue weighted by atomic mass is 35.5. The molecule has 1 aliphatic carbocycles. The highest BCUT2D eigenvalue weighted by Crippen LogP contribution is 2.36. The minimum Gasteiger partial charge on any atom is -0.355 e. The normalized spacial score (nSPS) is 29.2. The lowest BCUT2D eigenvalue weighted by Crippen LogP contribution is -2.43. The molecule has 0 aliphatic heterocycles. The van der Waals surface area contributed by atoms with E-state index >= 15 is 0 Å². The molecule has 0 spiro atoms. The topological polar surface area (TPSA) is 24.9 Å². The monoisotopic (exact) mass is 272 g/mol. The standard InChI is InChI=1S/C13H21ClN2S/c1-3-11-8-17-12(15-11)16-13(9-14)6-4-10(2)5-7-13/h8,10H,3-7,9H2,1-2H3,(H,15,16). The van der Waals surface area contributed by atoms with Gasteiger partial charge in [-0.05, 0) is 38.0 Å². The van der Waals surface area contributed by atoms with Crippen LogP contribution in [0.3, 0.4) is 0 Å². The molecular weight excluding hydrogens is 252 g/mol. The summed E-state index contributed by atoms with van der Waals surface area (Å²) in [6.07, 6.45) is 5.87. The summed E-state index contributed by atoms with van der Waals surface area (Å²) in [6.45, 7) is 4.47. The molecule has 1 aromatic rings. The second-order valence-electron chi connectivity index (χ2n) is 5.22. The Morgan fingerprint density at radius 1 is 1.53 bits per heavy atom. The zero-order chi connectivity index (χ0) is 12.3. The first kappa shape index (κ1) is 13.2. The summed E-state index contributed by atoms with van der Waals surface area (Å²) < 4.78 is 0. The Hall–Kier alpha value is -0.280. The van der Waals surface area contributed by atoms with E-state index < -0.39 is 0 Å². The summed E-state index contributed by atoms with van der Waals surface area (Å²) in [5, 5.41) is 6.77. The number of alkyl halides is 1. The van der Waals surface area contributed by atoms with Gasteiger partial charge in [-0.1, -0.05) is 13.8 Å². The molecule has 4 heteroatoms. The van der Waals surface area contributed by atoms with E-state index in [4.69, 9.17) is 11.6 Å². The Labute approximate surface area is 113 Å². The maximum absolute atomic E-state index is 6.19. The van der Waals surface area contributed by atoms with Crippen molar-refractivity contribution in [1.82, 2.24) is 4.98 Å². The fourth-order valence-corrected chi connectivity index (χ4v) is 3.61. The number of hydrogen-bond acceptors (Lipinski definition) is 3. The number of aryl methyl sites for hydroxylation is 1. The first-order chi connectivity index (χ1) is 8.17. The Morgan fingerprint density at radius 3 is 2.76 bits per heavy atom. The molecule has 0 atom stereocenters. The van der Waals surface area contributed by atoms with Crippen molar-refractivity contribution in [2.24, 2.45) is 5.92 Å². The first-order valence-electron chi connectivity index (χ1n) is 6.46. The predicted molar refractivity (Wildman–Crippen MR) is 76.2 cm³/mol. The molecule has 0 saturated heterocycles. The molecule has 1 saturated carbocycles. The van der Waals surface area contributed by atoms with E-state index in [0.29, 0.717) is 5.88 Å². The average Bonchev–Trinajstić information content (AvgIpc) is 2.80. The van der Waals surface area contributed by atoms with Crippen molar-refractivity contribution in [2.45, 2.75) is 51.5 Å². The molecule has 2 nitrogen and oxygen atoms in total. The maximum atomic E-state index is 6.19. The molecule has 2 rings (SSSR count). The van der Waals surface area contributed by atoms with Gasteiger partial charge in [0.2, 0.25) is 0 Å². The van der Waals surface area contributed by atoms with E-state index in [1.165, 1.54) is 31.4 Å². The minimum absolute atomic E-state index is 0.0803. The summed E-state index contributed by atoms with van der Waals surface area (Å²) in [5.41, 5.74) is 1.25. The van der Waals surface area contributed by atoms with Gasteiger partial charge in [0.15, 0.2) is 5.13 Å². The number of halogens is 1. The van der Waals surface area contributed by atoms with Gasteiger partial charge in [-0.25, -0.2) is 4.98 Å². The number of nitrogens with zero attached hydrogens (tertiary/aromatic N) is 1. The van der Waals surface area contributed by atoms with Crippen LogP contribution >= 0.6 is 22.9 Å². The molecule has 96 valence electrons. The lowest BCUT2D eigenvalue weighted by molar-refractivity contribution is 0.287. The van der Waals surface area contributed by atoms with Gasteiger partial charge >= 0.3 is 0 Å². The van der Waals surface area contributed by atoms with E-state index in [2.05, 4.69) is 29.5 Å². The fourth-order valence-electron chi connectivity index (χ4n) is 2.36.